The molecule has 0 radical (unpaired) electrons. The van der Waals surface area contributed by atoms with Gasteiger partial charge in [0, 0.05) is 49.9 Å². The van der Waals surface area contributed by atoms with E-state index < -0.39 is 0 Å². The molecule has 4 aliphatic heterocycles. The number of fused-ring (bicyclic) bond motifs is 3. The van der Waals surface area contributed by atoms with Crippen LogP contribution in [0.2, 0.25) is 0 Å². The van der Waals surface area contributed by atoms with E-state index in [1.807, 2.05) is 10.6 Å². The van der Waals surface area contributed by atoms with Crippen molar-refractivity contribution in [3.63, 3.8) is 0 Å². The summed E-state index contributed by atoms with van der Waals surface area (Å²) in [5, 5.41) is 3.34. The second kappa shape index (κ2) is 7.86. The molecule has 1 N–H and O–H groups in total. The molecule has 0 spiro atoms. The van der Waals surface area contributed by atoms with Crippen LogP contribution in [0.4, 0.5) is 17.8 Å². The number of nitrogens with one attached hydrogen (secondary N) is 1. The minimum Gasteiger partial charge on any atom is -0.378 e. The second-order valence-corrected chi connectivity index (χ2v) is 8.65. The lowest BCUT2D eigenvalue weighted by atomic mass is 9.93. The van der Waals surface area contributed by atoms with Gasteiger partial charge in [0.25, 0.3) is 5.56 Å². The largest absolute Gasteiger partial charge is 0.378 e. The van der Waals surface area contributed by atoms with Crippen molar-refractivity contribution < 1.29 is 4.74 Å². The van der Waals surface area contributed by atoms with Crippen molar-refractivity contribution in [2.45, 2.75) is 44.7 Å². The maximum atomic E-state index is 12.6. The highest BCUT2D eigenvalue weighted by molar-refractivity contribution is 5.47. The minimum atomic E-state index is 0.0934. The van der Waals surface area contributed by atoms with Crippen LogP contribution in [0.5, 0.6) is 0 Å². The Labute approximate surface area is 176 Å². The maximum absolute atomic E-state index is 12.6. The zero-order valence-corrected chi connectivity index (χ0v) is 17.6. The number of nitrogens with zero attached hydrogens (tertiary/aromatic N) is 6. The SMILES string of the molecule is CC(C)Nc1nc(N2CCOCC2)nc(N2CC3CCC(C2)n2c3cccc2=O)n1. The first-order valence-corrected chi connectivity index (χ1v) is 10.9. The molecule has 2 atom stereocenters. The van der Waals surface area contributed by atoms with Gasteiger partial charge in [-0.2, -0.15) is 15.0 Å². The topological polar surface area (TPSA) is 88.4 Å². The molecule has 2 bridgehead atoms. The van der Waals surface area contributed by atoms with Crippen LogP contribution in [0.3, 0.4) is 0 Å². The van der Waals surface area contributed by atoms with Gasteiger partial charge < -0.3 is 24.4 Å². The zero-order valence-electron chi connectivity index (χ0n) is 17.6. The molecule has 2 aromatic heterocycles. The number of rotatable bonds is 4. The van der Waals surface area contributed by atoms with Crippen LogP contribution in [0.15, 0.2) is 23.0 Å². The average molecular weight is 412 g/mol. The Morgan fingerprint density at radius 2 is 1.80 bits per heavy atom. The van der Waals surface area contributed by atoms with Crippen LogP contribution in [0.25, 0.3) is 0 Å². The standard InChI is InChI=1S/C21H29N7O2/c1-14(2)22-19-23-20(26-8-10-30-11-9-26)25-21(24-19)27-12-15-6-7-16(13-27)28-17(15)4-3-5-18(28)29/h3-5,14-16H,6-13H2,1-2H3,(H,22,23,24,25). The summed E-state index contributed by atoms with van der Waals surface area (Å²) < 4.78 is 7.48. The van der Waals surface area contributed by atoms with Crippen LogP contribution in [0, 0.1) is 0 Å². The summed E-state index contributed by atoms with van der Waals surface area (Å²) in [6, 6.07) is 6.01. The molecule has 2 fully saturated rings. The Morgan fingerprint density at radius 1 is 1.03 bits per heavy atom. The molecular weight excluding hydrogens is 382 g/mol. The summed E-state index contributed by atoms with van der Waals surface area (Å²) in [5.41, 5.74) is 1.24. The number of hydrogen-bond acceptors (Lipinski definition) is 8. The molecule has 0 aliphatic carbocycles. The van der Waals surface area contributed by atoms with Gasteiger partial charge in [-0.25, -0.2) is 0 Å². The lowest BCUT2D eigenvalue weighted by Gasteiger charge is -2.29. The van der Waals surface area contributed by atoms with Crippen LogP contribution in [-0.4, -0.2) is 65.0 Å². The number of anilines is 3. The molecule has 0 amide bonds. The molecule has 0 saturated carbocycles. The maximum Gasteiger partial charge on any atom is 0.251 e. The Kier molecular flexibility index (Phi) is 5.06. The Morgan fingerprint density at radius 3 is 2.57 bits per heavy atom. The first-order valence-electron chi connectivity index (χ1n) is 10.9. The summed E-state index contributed by atoms with van der Waals surface area (Å²) in [4.78, 5) is 31.3. The van der Waals surface area contributed by atoms with Crippen LogP contribution < -0.4 is 20.7 Å². The summed E-state index contributed by atoms with van der Waals surface area (Å²) >= 11 is 0. The Hall–Kier alpha value is -2.68. The number of morpholine rings is 1. The molecular formula is C21H29N7O2. The summed E-state index contributed by atoms with van der Waals surface area (Å²) in [6.45, 7) is 8.61. The molecule has 6 heterocycles. The highest BCUT2D eigenvalue weighted by Gasteiger charge is 2.35. The van der Waals surface area contributed by atoms with Crippen molar-refractivity contribution in [3.8, 4) is 0 Å². The van der Waals surface area contributed by atoms with Crippen molar-refractivity contribution in [1.82, 2.24) is 19.5 Å². The van der Waals surface area contributed by atoms with E-state index in [-0.39, 0.29) is 17.6 Å². The molecule has 0 aromatic carbocycles. The first kappa shape index (κ1) is 19.3. The fourth-order valence-corrected chi connectivity index (χ4v) is 4.75. The molecule has 2 aromatic rings. The molecule has 9 heteroatoms. The molecule has 160 valence electrons. The highest BCUT2D eigenvalue weighted by Crippen LogP contribution is 2.38. The van der Waals surface area contributed by atoms with Crippen molar-refractivity contribution >= 4 is 17.8 Å². The van der Waals surface area contributed by atoms with Gasteiger partial charge in [-0.05, 0) is 32.8 Å². The average Bonchev–Trinajstić information content (AvgIpc) is 3.06. The number of pyridine rings is 1. The summed E-state index contributed by atoms with van der Waals surface area (Å²) in [6.07, 6.45) is 2.10. The van der Waals surface area contributed by atoms with Gasteiger partial charge in [0.15, 0.2) is 0 Å². The lowest BCUT2D eigenvalue weighted by Crippen LogP contribution is -2.38. The number of aromatic nitrogens is 4. The van der Waals surface area contributed by atoms with E-state index in [1.54, 1.807) is 6.07 Å². The van der Waals surface area contributed by atoms with Gasteiger partial charge in [0.05, 0.1) is 19.3 Å². The van der Waals surface area contributed by atoms with Gasteiger partial charge >= 0.3 is 0 Å². The predicted molar refractivity (Wildman–Crippen MR) is 116 cm³/mol. The summed E-state index contributed by atoms with van der Waals surface area (Å²) in [5.74, 6) is 2.29. The van der Waals surface area contributed by atoms with Crippen LogP contribution in [-0.2, 0) is 4.74 Å². The highest BCUT2D eigenvalue weighted by atomic mass is 16.5. The molecule has 4 aliphatic rings. The van der Waals surface area contributed by atoms with E-state index in [2.05, 4.69) is 40.0 Å². The van der Waals surface area contributed by atoms with Crippen molar-refractivity contribution in [2.75, 3.05) is 54.5 Å². The van der Waals surface area contributed by atoms with Crippen molar-refractivity contribution in [1.29, 1.82) is 0 Å². The first-order chi connectivity index (χ1) is 14.6. The normalized spacial score (nSPS) is 23.4. The third kappa shape index (κ3) is 3.62. The van der Waals surface area contributed by atoms with E-state index >= 15 is 0 Å². The van der Waals surface area contributed by atoms with Gasteiger partial charge in [-0.15, -0.1) is 0 Å². The quantitative estimate of drug-likeness (QED) is 0.812. The second-order valence-electron chi connectivity index (χ2n) is 8.65. The van der Waals surface area contributed by atoms with Gasteiger partial charge in [0.2, 0.25) is 17.8 Å². The third-order valence-corrected chi connectivity index (χ3v) is 6.13. The van der Waals surface area contributed by atoms with E-state index in [9.17, 15) is 4.79 Å². The fraction of sp³-hybridized carbons (Fsp3) is 0.619. The monoisotopic (exact) mass is 411 g/mol. The Bertz CT molecular complexity index is 970. The lowest BCUT2D eigenvalue weighted by molar-refractivity contribution is 0.122. The predicted octanol–water partition coefficient (Wildman–Crippen LogP) is 1.63. The molecule has 6 rings (SSSR count). The van der Waals surface area contributed by atoms with Crippen LogP contribution in [0.1, 0.15) is 44.3 Å². The van der Waals surface area contributed by atoms with E-state index in [0.29, 0.717) is 37.0 Å². The fourth-order valence-electron chi connectivity index (χ4n) is 4.75. The third-order valence-electron chi connectivity index (χ3n) is 6.13. The van der Waals surface area contributed by atoms with E-state index in [4.69, 9.17) is 14.7 Å². The Balaban J connectivity index is 1.50. The van der Waals surface area contributed by atoms with E-state index in [1.165, 1.54) is 0 Å². The van der Waals surface area contributed by atoms with Gasteiger partial charge in [-0.3, -0.25) is 4.79 Å². The molecule has 2 saturated heterocycles. The number of hydrogen-bond donors (Lipinski definition) is 1. The van der Waals surface area contributed by atoms with Gasteiger partial charge in [-0.1, -0.05) is 6.07 Å². The van der Waals surface area contributed by atoms with Crippen LogP contribution >= 0.6 is 0 Å². The molecule has 2 unspecified atom stereocenters. The molecule has 30 heavy (non-hydrogen) atoms. The zero-order chi connectivity index (χ0) is 20.7. The van der Waals surface area contributed by atoms with Gasteiger partial charge in [0.1, 0.15) is 0 Å². The van der Waals surface area contributed by atoms with E-state index in [0.717, 1.165) is 44.7 Å². The molecule has 9 nitrogen and oxygen atoms in total. The van der Waals surface area contributed by atoms with Crippen molar-refractivity contribution in [3.05, 3.63) is 34.2 Å². The summed E-state index contributed by atoms with van der Waals surface area (Å²) in [7, 11) is 0. The number of ether oxygens (including phenoxy) is 1. The minimum absolute atomic E-state index is 0.0934. The van der Waals surface area contributed by atoms with Crippen molar-refractivity contribution in [2.24, 2.45) is 0 Å². The smallest absolute Gasteiger partial charge is 0.251 e.